The normalized spacial score (nSPS) is 17.1. The fourth-order valence-corrected chi connectivity index (χ4v) is 2.29. The maximum Gasteiger partial charge on any atom is 0.0462 e. The first-order chi connectivity index (χ1) is 6.27. The third-order valence-corrected chi connectivity index (χ3v) is 3.49. The number of hydrogen-bond acceptors (Lipinski definition) is 1. The summed E-state index contributed by atoms with van der Waals surface area (Å²) in [4.78, 5) is 2.39. The van der Waals surface area contributed by atoms with E-state index < -0.39 is 0 Å². The van der Waals surface area contributed by atoms with Gasteiger partial charge in [-0.2, -0.15) is 0 Å². The SMILES string of the molecule is Clc1cccc(Br)c1CN1CCC1. The Morgan fingerprint density at radius 1 is 1.38 bits per heavy atom. The number of benzene rings is 1. The third kappa shape index (κ3) is 2.06. The lowest BCUT2D eigenvalue weighted by atomic mass is 10.1. The van der Waals surface area contributed by atoms with Crippen LogP contribution >= 0.6 is 27.5 Å². The summed E-state index contributed by atoms with van der Waals surface area (Å²) in [5.74, 6) is 0. The van der Waals surface area contributed by atoms with Crippen LogP contribution in [0.2, 0.25) is 5.02 Å². The predicted molar refractivity (Wildman–Crippen MR) is 59.0 cm³/mol. The average molecular weight is 261 g/mol. The van der Waals surface area contributed by atoms with Crippen molar-refractivity contribution in [3.8, 4) is 0 Å². The van der Waals surface area contributed by atoms with Crippen molar-refractivity contribution >= 4 is 27.5 Å². The van der Waals surface area contributed by atoms with Gasteiger partial charge in [-0.3, -0.25) is 4.90 Å². The largest absolute Gasteiger partial charge is 0.299 e. The van der Waals surface area contributed by atoms with Crippen molar-refractivity contribution in [3.63, 3.8) is 0 Å². The second kappa shape index (κ2) is 3.99. The lowest BCUT2D eigenvalue weighted by molar-refractivity contribution is 0.172. The smallest absolute Gasteiger partial charge is 0.0462 e. The monoisotopic (exact) mass is 259 g/mol. The molecule has 3 heteroatoms. The molecule has 2 rings (SSSR count). The summed E-state index contributed by atoms with van der Waals surface area (Å²) >= 11 is 9.62. The molecule has 0 radical (unpaired) electrons. The Kier molecular flexibility index (Phi) is 2.92. The van der Waals surface area contributed by atoms with Gasteiger partial charge >= 0.3 is 0 Å². The Hall–Kier alpha value is -0.0500. The minimum atomic E-state index is 0.862. The number of nitrogens with zero attached hydrogens (tertiary/aromatic N) is 1. The quantitative estimate of drug-likeness (QED) is 0.788. The maximum atomic E-state index is 6.10. The highest BCUT2D eigenvalue weighted by Crippen LogP contribution is 2.27. The molecule has 1 aliphatic heterocycles. The van der Waals surface area contributed by atoms with Crippen LogP contribution in [0.15, 0.2) is 22.7 Å². The van der Waals surface area contributed by atoms with Crippen molar-refractivity contribution in [1.82, 2.24) is 4.90 Å². The summed E-state index contributed by atoms with van der Waals surface area (Å²) in [6.45, 7) is 3.38. The van der Waals surface area contributed by atoms with Crippen LogP contribution in [0.5, 0.6) is 0 Å². The molecule has 0 aromatic heterocycles. The van der Waals surface area contributed by atoms with Crippen molar-refractivity contribution in [3.05, 3.63) is 33.3 Å². The zero-order valence-corrected chi connectivity index (χ0v) is 9.61. The van der Waals surface area contributed by atoms with E-state index in [9.17, 15) is 0 Å². The Morgan fingerprint density at radius 3 is 2.69 bits per heavy atom. The summed E-state index contributed by atoms with van der Waals surface area (Å²) in [6.07, 6.45) is 1.32. The highest BCUT2D eigenvalue weighted by Gasteiger charge is 2.16. The van der Waals surface area contributed by atoms with Crippen LogP contribution in [-0.2, 0) is 6.54 Å². The maximum absolute atomic E-state index is 6.10. The van der Waals surface area contributed by atoms with E-state index in [1.54, 1.807) is 0 Å². The summed E-state index contributed by atoms with van der Waals surface area (Å²) in [5, 5.41) is 0.862. The van der Waals surface area contributed by atoms with Crippen LogP contribution in [0.4, 0.5) is 0 Å². The molecule has 1 aromatic rings. The van der Waals surface area contributed by atoms with Crippen LogP contribution in [0.3, 0.4) is 0 Å². The van der Waals surface area contributed by atoms with E-state index in [2.05, 4.69) is 20.8 Å². The van der Waals surface area contributed by atoms with Gasteiger partial charge in [0.1, 0.15) is 0 Å². The van der Waals surface area contributed by atoms with Crippen LogP contribution in [0, 0.1) is 0 Å². The average Bonchev–Trinajstić information content (AvgIpc) is 2.00. The molecule has 0 spiro atoms. The van der Waals surface area contributed by atoms with E-state index >= 15 is 0 Å². The van der Waals surface area contributed by atoms with E-state index in [0.717, 1.165) is 16.0 Å². The molecule has 1 fully saturated rings. The molecule has 13 heavy (non-hydrogen) atoms. The lowest BCUT2D eigenvalue weighted by Gasteiger charge is -2.31. The van der Waals surface area contributed by atoms with Crippen molar-refractivity contribution in [2.45, 2.75) is 13.0 Å². The van der Waals surface area contributed by atoms with Gasteiger partial charge in [0.2, 0.25) is 0 Å². The number of likely N-dealkylation sites (tertiary alicyclic amines) is 1. The van der Waals surface area contributed by atoms with Gasteiger partial charge < -0.3 is 0 Å². The fraction of sp³-hybridized carbons (Fsp3) is 0.400. The molecular formula is C10H11BrClN. The number of halogens is 2. The molecule has 1 saturated heterocycles. The van der Waals surface area contributed by atoms with E-state index in [4.69, 9.17) is 11.6 Å². The van der Waals surface area contributed by atoms with Crippen LogP contribution < -0.4 is 0 Å². The van der Waals surface area contributed by atoms with Crippen molar-refractivity contribution in [1.29, 1.82) is 0 Å². The first-order valence-electron chi connectivity index (χ1n) is 4.42. The molecular weight excluding hydrogens is 249 g/mol. The lowest BCUT2D eigenvalue weighted by Crippen LogP contribution is -2.36. The zero-order chi connectivity index (χ0) is 9.26. The third-order valence-electron chi connectivity index (χ3n) is 2.39. The molecule has 70 valence electrons. The summed E-state index contributed by atoms with van der Waals surface area (Å²) < 4.78 is 1.12. The van der Waals surface area contributed by atoms with Gasteiger partial charge in [-0.1, -0.05) is 33.6 Å². The van der Waals surface area contributed by atoms with Crippen molar-refractivity contribution < 1.29 is 0 Å². The molecule has 0 bridgehead atoms. The Balaban J connectivity index is 2.17. The van der Waals surface area contributed by atoms with Gasteiger partial charge in [-0.25, -0.2) is 0 Å². The first kappa shape index (κ1) is 9.50. The second-order valence-corrected chi connectivity index (χ2v) is 4.59. The molecule has 0 saturated carbocycles. The predicted octanol–water partition coefficient (Wildman–Crippen LogP) is 3.31. The summed E-state index contributed by atoms with van der Waals surface area (Å²) in [7, 11) is 0. The van der Waals surface area contributed by atoms with Crippen molar-refractivity contribution in [2.75, 3.05) is 13.1 Å². The Bertz CT molecular complexity index is 290. The minimum absolute atomic E-state index is 0.862. The van der Waals surface area contributed by atoms with Gasteiger partial charge in [-0.15, -0.1) is 0 Å². The minimum Gasteiger partial charge on any atom is -0.299 e. The van der Waals surface area contributed by atoms with Gasteiger partial charge in [0, 0.05) is 16.0 Å². The molecule has 0 amide bonds. The second-order valence-electron chi connectivity index (χ2n) is 3.33. The molecule has 1 nitrogen and oxygen atoms in total. The molecule has 1 aliphatic rings. The Morgan fingerprint density at radius 2 is 2.15 bits per heavy atom. The number of hydrogen-bond donors (Lipinski definition) is 0. The fourth-order valence-electron chi connectivity index (χ4n) is 1.45. The standard InChI is InChI=1S/C10H11BrClN/c11-9-3-1-4-10(12)8(9)7-13-5-2-6-13/h1,3-4H,2,5-7H2. The molecule has 1 aromatic carbocycles. The van der Waals surface area contributed by atoms with Gasteiger partial charge in [-0.05, 0) is 37.2 Å². The van der Waals surface area contributed by atoms with E-state index in [0.29, 0.717) is 0 Å². The topological polar surface area (TPSA) is 3.24 Å². The highest BCUT2D eigenvalue weighted by molar-refractivity contribution is 9.10. The number of rotatable bonds is 2. The molecule has 1 heterocycles. The molecule has 0 atom stereocenters. The molecule has 0 unspecified atom stereocenters. The first-order valence-corrected chi connectivity index (χ1v) is 5.60. The molecule has 0 aliphatic carbocycles. The van der Waals surface area contributed by atoms with Crippen molar-refractivity contribution in [2.24, 2.45) is 0 Å². The zero-order valence-electron chi connectivity index (χ0n) is 7.26. The Labute approximate surface area is 91.8 Å². The summed E-state index contributed by atoms with van der Waals surface area (Å²) in [5.41, 5.74) is 1.21. The van der Waals surface area contributed by atoms with E-state index in [1.807, 2.05) is 18.2 Å². The highest BCUT2D eigenvalue weighted by atomic mass is 79.9. The van der Waals surface area contributed by atoms with E-state index in [1.165, 1.54) is 25.1 Å². The van der Waals surface area contributed by atoms with E-state index in [-0.39, 0.29) is 0 Å². The molecule has 0 N–H and O–H groups in total. The van der Waals surface area contributed by atoms with Crippen LogP contribution in [-0.4, -0.2) is 18.0 Å². The van der Waals surface area contributed by atoms with Crippen LogP contribution in [0.1, 0.15) is 12.0 Å². The summed E-state index contributed by atoms with van der Waals surface area (Å²) in [6, 6.07) is 5.95. The van der Waals surface area contributed by atoms with Gasteiger partial charge in [0.05, 0.1) is 0 Å². The van der Waals surface area contributed by atoms with Crippen LogP contribution in [0.25, 0.3) is 0 Å². The van der Waals surface area contributed by atoms with Gasteiger partial charge in [0.25, 0.3) is 0 Å². The van der Waals surface area contributed by atoms with Gasteiger partial charge in [0.15, 0.2) is 0 Å².